The lowest BCUT2D eigenvalue weighted by Gasteiger charge is -2.55. The van der Waals surface area contributed by atoms with Gasteiger partial charge < -0.3 is 54.0 Å². The third-order valence-electron chi connectivity index (χ3n) is 20.0. The highest BCUT2D eigenvalue weighted by atomic mass is 127. The predicted octanol–water partition coefficient (Wildman–Crippen LogP) is 18.3. The van der Waals surface area contributed by atoms with Crippen molar-refractivity contribution in [2.45, 2.75) is 56.7 Å². The van der Waals surface area contributed by atoms with Gasteiger partial charge >= 0.3 is 37.0 Å². The Morgan fingerprint density at radius 2 is 0.833 bits per heavy atom. The van der Waals surface area contributed by atoms with E-state index >= 15 is 0 Å². The highest BCUT2D eigenvalue weighted by Crippen LogP contribution is 2.58. The number of pyridine rings is 3. The molecule has 8 aromatic carbocycles. The molecule has 7 heterocycles. The highest BCUT2D eigenvalue weighted by Gasteiger charge is 2.54. The normalized spacial score (nSPS) is 13.8. The van der Waals surface area contributed by atoms with Crippen molar-refractivity contribution in [3.05, 3.63) is 297 Å². The first-order valence-electron chi connectivity index (χ1n) is 38.1. The fraction of sp³-hybridized carbons (Fsp3) is 0.200. The molecule has 2 aliphatic rings. The van der Waals surface area contributed by atoms with Crippen LogP contribution in [0.5, 0.6) is 17.6 Å². The summed E-state index contributed by atoms with van der Waals surface area (Å²) >= 11 is 32.0. The molecule has 126 heavy (non-hydrogen) atoms. The number of hydrogen-bond donors (Lipinski definition) is 5. The summed E-state index contributed by atoms with van der Waals surface area (Å²) in [4.78, 5) is 70.3. The SMILES string of the molecule is BrCc1ccc(I)cc1.COC(=O)C1CC2(CC(N)C2)C1.COC(=O)c1cc(Cl)cc2cn[nH]c12.COC(=O)c1cc(Cl)cc2cnn(Cc3ccc(-c4ccnc(OC)c4)cc3)c12.COC(=O)c1cc(Cl)cc2cnn(Cc3ccc(I)cc3)c12.COc1cc(-c2ccc(Cn3ncc4cc(Cl)cc(C(=O)O)c43)cc2)ccn1.COc1cc(B(O)O)ccn1.Cl. The molecule has 0 saturated heterocycles. The summed E-state index contributed by atoms with van der Waals surface area (Å²) in [5.74, 6) is -0.691. The molecular weight excluding hydrogens is 2010 g/mol. The molecule has 0 bridgehead atoms. The Hall–Kier alpha value is -10.8. The Morgan fingerprint density at radius 1 is 0.468 bits per heavy atom. The van der Waals surface area contributed by atoms with Gasteiger partial charge in [-0.15, -0.1) is 12.4 Å². The van der Waals surface area contributed by atoms with Gasteiger partial charge in [0.1, 0.15) is 0 Å². The van der Waals surface area contributed by atoms with E-state index < -0.39 is 31.0 Å². The maximum atomic E-state index is 12.2. The van der Waals surface area contributed by atoms with Gasteiger partial charge in [-0.3, -0.25) is 23.9 Å². The van der Waals surface area contributed by atoms with Crippen molar-refractivity contribution in [1.29, 1.82) is 0 Å². The number of fused-ring (bicyclic) bond motifs is 4. The van der Waals surface area contributed by atoms with Crippen LogP contribution in [-0.2, 0) is 48.7 Å². The number of benzene rings is 8. The number of aromatic nitrogens is 11. The number of nitrogens with one attached hydrogen (secondary N) is 1. The maximum absolute atomic E-state index is 12.2. The molecule has 652 valence electrons. The van der Waals surface area contributed by atoms with E-state index in [-0.39, 0.29) is 29.9 Å². The zero-order valence-electron chi connectivity index (χ0n) is 68.6. The highest BCUT2D eigenvalue weighted by molar-refractivity contribution is 14.1. The second kappa shape index (κ2) is 46.1. The fourth-order valence-electron chi connectivity index (χ4n) is 14.0. The number of hydrogen-bond acceptors (Lipinski definition) is 22. The van der Waals surface area contributed by atoms with Crippen LogP contribution in [0.25, 0.3) is 65.9 Å². The molecule has 27 nitrogen and oxygen atoms in total. The van der Waals surface area contributed by atoms with Gasteiger partial charge in [0.2, 0.25) is 17.6 Å². The molecule has 15 aromatic rings. The van der Waals surface area contributed by atoms with E-state index in [2.05, 4.69) is 135 Å². The lowest BCUT2D eigenvalue weighted by molar-refractivity contribution is -0.159. The number of halogens is 8. The second-order valence-electron chi connectivity index (χ2n) is 28.4. The minimum atomic E-state index is -1.47. The summed E-state index contributed by atoms with van der Waals surface area (Å²) in [5.41, 5.74) is 19.1. The van der Waals surface area contributed by atoms with Gasteiger partial charge in [0.25, 0.3) is 0 Å². The molecule has 7 aromatic heterocycles. The molecule has 0 radical (unpaired) electrons. The second-order valence-corrected chi connectivity index (χ2v) is 33.2. The molecule has 1 spiro atoms. The molecule has 2 fully saturated rings. The Kier molecular flexibility index (Phi) is 35.6. The average Bonchev–Trinajstić information content (AvgIpc) is 1.06. The standard InChI is InChI=1S/C22H18ClN3O3.C21H16ClN3O3.C16H12ClIN2O2.C9H7ClN2O2.C9H15NO2.C7H6BrI.C6H8BNO3.ClH/c1-28-20-10-16(7-8-24-20)15-5-3-14(4-6-15)13-26-21-17(12-25-26)9-18(23)11-19(21)22(27)29-2;1-28-19-9-15(6-7-23-19)14-4-2-13(3-5-14)12-25-20-16(11-24-25)8-17(22)10-18(20)21(26)27;1-22-16(21)14-7-12(17)6-11-8-19-20(15(11)14)9-10-2-4-13(18)5-3-10;1-14-9(13)7-3-6(10)2-5-4-11-12-8(5)7;1-12-8(11)6-2-9(3-6)4-7(10)5-9;8-5-6-1-3-7(9)4-2-6;1-11-6-4-5(7(9)10)2-3-8-6;/h3-12H,13H2,1-2H3;2-11H,12H2,1H3,(H,26,27);2-8H,9H2,1H3;2-4H,1H3,(H,11,12);6-7H,2-5,10H2,1H3;1-4H,5H2;2-4,9-10H,1H3;1H. The van der Waals surface area contributed by atoms with Gasteiger partial charge in [0, 0.05) is 96.9 Å². The average molecular weight is 2090 g/mol. The number of methoxy groups -OCH3 is 7. The largest absolute Gasteiger partial charge is 0.488 e. The van der Waals surface area contributed by atoms with Crippen LogP contribution in [0.2, 0.25) is 20.1 Å². The van der Waals surface area contributed by atoms with Gasteiger partial charge in [-0.05, 0) is 217 Å². The lowest BCUT2D eigenvalue weighted by Crippen LogP contribution is -2.54. The van der Waals surface area contributed by atoms with Crippen LogP contribution in [-0.4, -0.2) is 162 Å². The topological polar surface area (TPSA) is 357 Å². The Labute approximate surface area is 786 Å². The molecule has 2 aliphatic carbocycles. The van der Waals surface area contributed by atoms with E-state index in [1.165, 1.54) is 72.6 Å². The molecule has 17 rings (SSSR count). The van der Waals surface area contributed by atoms with E-state index in [0.29, 0.717) is 113 Å². The van der Waals surface area contributed by atoms with E-state index in [9.17, 15) is 29.1 Å². The van der Waals surface area contributed by atoms with Crippen LogP contribution in [0.1, 0.15) is 89.4 Å². The van der Waals surface area contributed by atoms with Crippen molar-refractivity contribution >= 4 is 206 Å². The smallest absolute Gasteiger partial charge is 0.481 e. The molecule has 0 amide bonds. The number of ether oxygens (including phenoxy) is 7. The van der Waals surface area contributed by atoms with Gasteiger partial charge in [-0.1, -0.05) is 135 Å². The third kappa shape index (κ3) is 25.5. The first-order valence-corrected chi connectivity index (χ1v) is 42.9. The molecule has 36 heteroatoms. The number of nitrogens with two attached hydrogens (primary N) is 1. The quantitative estimate of drug-likeness (QED) is 0.0175. The van der Waals surface area contributed by atoms with Crippen molar-refractivity contribution in [2.24, 2.45) is 17.1 Å². The Bertz CT molecular complexity index is 6280. The number of carboxylic acids is 1. The van der Waals surface area contributed by atoms with Crippen molar-refractivity contribution in [2.75, 3.05) is 49.8 Å². The monoisotopic (exact) mass is 2090 g/mol. The number of esters is 4. The number of carboxylic acid groups (broad SMARTS) is 1. The number of nitrogens with zero attached hydrogens (tertiary/aromatic N) is 10. The predicted molar refractivity (Wildman–Crippen MR) is 509 cm³/mol. The zero-order valence-corrected chi connectivity index (χ0v) is 78.3. The molecule has 0 aliphatic heterocycles. The molecule has 6 N–H and O–H groups in total. The van der Waals surface area contributed by atoms with Crippen molar-refractivity contribution in [3.8, 4) is 39.9 Å². The minimum absolute atomic E-state index is 0. The first kappa shape index (κ1) is 97.4. The van der Waals surface area contributed by atoms with E-state index in [0.717, 1.165) is 91.6 Å². The van der Waals surface area contributed by atoms with Crippen LogP contribution in [0.3, 0.4) is 0 Å². The number of carbonyl (C=O) groups excluding carboxylic acids is 4. The number of H-pyrrole nitrogens is 1. The number of carbonyl (C=O) groups is 5. The van der Waals surface area contributed by atoms with Crippen LogP contribution in [0, 0.1) is 18.5 Å². The van der Waals surface area contributed by atoms with Crippen LogP contribution < -0.4 is 25.4 Å². The van der Waals surface area contributed by atoms with E-state index in [1.807, 2.05) is 97.1 Å². The van der Waals surface area contributed by atoms with Crippen molar-refractivity contribution in [3.63, 3.8) is 0 Å². The summed E-state index contributed by atoms with van der Waals surface area (Å²) in [6.45, 7) is 1.53. The van der Waals surface area contributed by atoms with E-state index in [4.69, 9.17) is 85.9 Å². The Balaban J connectivity index is 0.000000159. The lowest BCUT2D eigenvalue weighted by atomic mass is 9.50. The van der Waals surface area contributed by atoms with E-state index in [1.54, 1.807) is 108 Å². The van der Waals surface area contributed by atoms with Crippen LogP contribution in [0.4, 0.5) is 0 Å². The molecule has 0 unspecified atom stereocenters. The van der Waals surface area contributed by atoms with Crippen molar-refractivity contribution in [1.82, 2.24) is 54.5 Å². The van der Waals surface area contributed by atoms with Gasteiger partial charge in [0.05, 0.1) is 144 Å². The van der Waals surface area contributed by atoms with Gasteiger partial charge in [-0.2, -0.15) is 20.4 Å². The minimum Gasteiger partial charge on any atom is -0.481 e. The summed E-state index contributed by atoms with van der Waals surface area (Å²) in [6.07, 6.45) is 15.8. The molecule has 0 atom stereocenters. The van der Waals surface area contributed by atoms with Crippen molar-refractivity contribution < 1.29 is 72.3 Å². The Morgan fingerprint density at radius 3 is 1.21 bits per heavy atom. The first-order chi connectivity index (χ1) is 60.1. The van der Waals surface area contributed by atoms with Gasteiger partial charge in [0.15, 0.2) is 0 Å². The zero-order chi connectivity index (χ0) is 89.6. The number of aromatic amines is 1. The summed E-state index contributed by atoms with van der Waals surface area (Å²) in [7, 11) is 8.67. The van der Waals surface area contributed by atoms with Crippen LogP contribution in [0.15, 0.2) is 225 Å². The van der Waals surface area contributed by atoms with Gasteiger partial charge in [-0.25, -0.2) is 34.1 Å². The summed E-state index contributed by atoms with van der Waals surface area (Å²) in [5, 5.41) is 52.5. The molecular formula is C90H83BBrCl5I2N12O15. The number of rotatable bonds is 18. The maximum Gasteiger partial charge on any atom is 0.488 e. The fourth-order valence-corrected chi connectivity index (χ4v) is 16.0. The molecule has 2 saturated carbocycles. The summed E-state index contributed by atoms with van der Waals surface area (Å²) < 4.78 is 41.9. The third-order valence-corrected chi connectivity index (χ3v) is 23.0. The number of aromatic carboxylic acids is 1. The summed E-state index contributed by atoms with van der Waals surface area (Å²) in [6, 6.07) is 57.0. The van der Waals surface area contributed by atoms with Crippen LogP contribution >= 0.6 is 120 Å². The number of alkyl halides is 1.